The van der Waals surface area contributed by atoms with Gasteiger partial charge in [0.25, 0.3) is 0 Å². The molecule has 0 aliphatic heterocycles. The van der Waals surface area contributed by atoms with Crippen LogP contribution in [0.3, 0.4) is 0 Å². The number of pyridine rings is 1. The van der Waals surface area contributed by atoms with E-state index in [0.717, 1.165) is 0 Å². The molecule has 0 bridgehead atoms. The SMILES string of the molecule is CC.CN(C)/C=C/C(=O)c1ccncc1. The van der Waals surface area contributed by atoms with E-state index < -0.39 is 0 Å². The van der Waals surface area contributed by atoms with Crippen LogP contribution in [-0.2, 0) is 0 Å². The van der Waals surface area contributed by atoms with Gasteiger partial charge < -0.3 is 4.90 Å². The first-order valence-electron chi connectivity index (χ1n) is 4.99. The second kappa shape index (κ2) is 7.74. The van der Waals surface area contributed by atoms with Crippen LogP contribution in [0.15, 0.2) is 36.8 Å². The minimum absolute atomic E-state index is 0.00361. The second-order valence-corrected chi connectivity index (χ2v) is 2.88. The Morgan fingerprint density at radius 2 is 1.80 bits per heavy atom. The van der Waals surface area contributed by atoms with E-state index >= 15 is 0 Å². The number of hydrogen-bond acceptors (Lipinski definition) is 3. The lowest BCUT2D eigenvalue weighted by atomic mass is 10.2. The Hall–Kier alpha value is -1.64. The molecule has 0 fully saturated rings. The molecule has 0 radical (unpaired) electrons. The molecule has 0 aromatic carbocycles. The largest absolute Gasteiger partial charge is 0.383 e. The number of hydrogen-bond donors (Lipinski definition) is 0. The minimum Gasteiger partial charge on any atom is -0.383 e. The molecule has 82 valence electrons. The van der Waals surface area contributed by atoms with E-state index in [0.29, 0.717) is 5.56 Å². The maximum atomic E-state index is 11.4. The number of allylic oxidation sites excluding steroid dienone is 1. The highest BCUT2D eigenvalue weighted by atomic mass is 16.1. The van der Waals surface area contributed by atoms with Crippen LogP contribution in [0.25, 0.3) is 0 Å². The van der Waals surface area contributed by atoms with Crippen molar-refractivity contribution in [2.24, 2.45) is 0 Å². The van der Waals surface area contributed by atoms with E-state index in [1.165, 1.54) is 6.08 Å². The van der Waals surface area contributed by atoms with Crippen LogP contribution in [0, 0.1) is 0 Å². The van der Waals surface area contributed by atoms with Gasteiger partial charge >= 0.3 is 0 Å². The number of ketones is 1. The Bertz CT molecular complexity index is 305. The van der Waals surface area contributed by atoms with Crippen LogP contribution >= 0.6 is 0 Å². The van der Waals surface area contributed by atoms with Crippen LogP contribution in [0.1, 0.15) is 24.2 Å². The Kier molecular flexibility index (Phi) is 6.89. The lowest BCUT2D eigenvalue weighted by molar-refractivity contribution is 0.104. The molecule has 1 aromatic heterocycles. The lowest BCUT2D eigenvalue weighted by Gasteiger charge is -2.02. The molecule has 1 heterocycles. The third kappa shape index (κ3) is 5.62. The fraction of sp³-hybridized carbons (Fsp3) is 0.333. The van der Waals surface area contributed by atoms with Crippen molar-refractivity contribution in [1.29, 1.82) is 0 Å². The number of nitrogens with zero attached hydrogens (tertiary/aromatic N) is 2. The summed E-state index contributed by atoms with van der Waals surface area (Å²) in [5.74, 6) is -0.00361. The predicted octanol–water partition coefficient (Wildman–Crippen LogP) is 2.37. The number of aromatic nitrogens is 1. The van der Waals surface area contributed by atoms with Gasteiger partial charge in [0.15, 0.2) is 5.78 Å². The van der Waals surface area contributed by atoms with E-state index in [1.54, 1.807) is 30.7 Å². The number of carbonyl (C=O) groups is 1. The van der Waals surface area contributed by atoms with E-state index in [9.17, 15) is 4.79 Å². The van der Waals surface area contributed by atoms with Gasteiger partial charge in [-0.1, -0.05) is 13.8 Å². The summed E-state index contributed by atoms with van der Waals surface area (Å²) in [7, 11) is 3.74. The molecule has 0 aliphatic carbocycles. The average Bonchev–Trinajstić information content (AvgIpc) is 2.30. The summed E-state index contributed by atoms with van der Waals surface area (Å²) in [4.78, 5) is 17.1. The van der Waals surface area contributed by atoms with Crippen molar-refractivity contribution in [3.63, 3.8) is 0 Å². The molecular weight excluding hydrogens is 188 g/mol. The van der Waals surface area contributed by atoms with Crippen molar-refractivity contribution in [3.8, 4) is 0 Å². The zero-order chi connectivity index (χ0) is 11.7. The molecule has 1 rings (SSSR count). The monoisotopic (exact) mass is 206 g/mol. The Balaban J connectivity index is 0.000000921. The van der Waals surface area contributed by atoms with Gasteiger partial charge in [-0.3, -0.25) is 9.78 Å². The minimum atomic E-state index is -0.00361. The van der Waals surface area contributed by atoms with Crippen LogP contribution in [0.4, 0.5) is 0 Å². The maximum Gasteiger partial charge on any atom is 0.187 e. The Labute approximate surface area is 91.4 Å². The molecule has 0 saturated heterocycles. The molecular formula is C12H18N2O. The summed E-state index contributed by atoms with van der Waals surface area (Å²) >= 11 is 0. The zero-order valence-corrected chi connectivity index (χ0v) is 9.77. The fourth-order valence-corrected chi connectivity index (χ4v) is 0.829. The summed E-state index contributed by atoms with van der Waals surface area (Å²) in [6.45, 7) is 4.00. The summed E-state index contributed by atoms with van der Waals surface area (Å²) in [6.07, 6.45) is 6.48. The van der Waals surface area contributed by atoms with Crippen molar-refractivity contribution in [2.45, 2.75) is 13.8 Å². The summed E-state index contributed by atoms with van der Waals surface area (Å²) in [5, 5.41) is 0. The standard InChI is InChI=1S/C10H12N2O.C2H6/c1-12(2)8-5-10(13)9-3-6-11-7-4-9;1-2/h3-8H,1-2H3;1-2H3/b8-5+;. The molecule has 0 spiro atoms. The topological polar surface area (TPSA) is 33.2 Å². The molecule has 3 heteroatoms. The third-order valence-corrected chi connectivity index (χ3v) is 1.49. The molecule has 0 aliphatic rings. The quantitative estimate of drug-likeness (QED) is 0.562. The van der Waals surface area contributed by atoms with Crippen molar-refractivity contribution >= 4 is 5.78 Å². The summed E-state index contributed by atoms with van der Waals surface area (Å²) < 4.78 is 0. The van der Waals surface area contributed by atoms with Crippen LogP contribution in [0.5, 0.6) is 0 Å². The molecule has 0 atom stereocenters. The van der Waals surface area contributed by atoms with Crippen molar-refractivity contribution in [2.75, 3.05) is 14.1 Å². The lowest BCUT2D eigenvalue weighted by Crippen LogP contribution is -2.03. The van der Waals surface area contributed by atoms with Crippen LogP contribution in [0.2, 0.25) is 0 Å². The van der Waals surface area contributed by atoms with Crippen molar-refractivity contribution in [3.05, 3.63) is 42.4 Å². The van der Waals surface area contributed by atoms with Gasteiger partial charge in [-0.05, 0) is 12.1 Å². The average molecular weight is 206 g/mol. The highest BCUT2D eigenvalue weighted by molar-refractivity contribution is 6.04. The highest BCUT2D eigenvalue weighted by Crippen LogP contribution is 1.98. The third-order valence-electron chi connectivity index (χ3n) is 1.49. The second-order valence-electron chi connectivity index (χ2n) is 2.88. The van der Waals surface area contributed by atoms with Gasteiger partial charge in [-0.2, -0.15) is 0 Å². The van der Waals surface area contributed by atoms with Crippen molar-refractivity contribution < 1.29 is 4.79 Å². The molecule has 0 saturated carbocycles. The summed E-state index contributed by atoms with van der Waals surface area (Å²) in [6, 6.07) is 3.39. The van der Waals surface area contributed by atoms with Gasteiger partial charge in [0.1, 0.15) is 0 Å². The first-order chi connectivity index (χ1) is 7.20. The molecule has 0 N–H and O–H groups in total. The first-order valence-corrected chi connectivity index (χ1v) is 4.99. The van der Waals surface area contributed by atoms with Gasteiger partial charge in [-0.15, -0.1) is 0 Å². The van der Waals surface area contributed by atoms with Gasteiger partial charge in [0, 0.05) is 44.3 Å². The van der Waals surface area contributed by atoms with E-state index in [1.807, 2.05) is 32.8 Å². The van der Waals surface area contributed by atoms with Gasteiger partial charge in [0.2, 0.25) is 0 Å². The maximum absolute atomic E-state index is 11.4. The molecule has 0 unspecified atom stereocenters. The van der Waals surface area contributed by atoms with Crippen LogP contribution in [-0.4, -0.2) is 29.8 Å². The van der Waals surface area contributed by atoms with Gasteiger partial charge in [-0.25, -0.2) is 0 Å². The summed E-state index contributed by atoms with van der Waals surface area (Å²) in [5.41, 5.74) is 0.660. The molecule has 3 nitrogen and oxygen atoms in total. The zero-order valence-electron chi connectivity index (χ0n) is 9.77. The smallest absolute Gasteiger partial charge is 0.187 e. The Morgan fingerprint density at radius 1 is 1.27 bits per heavy atom. The predicted molar refractivity (Wildman–Crippen MR) is 62.7 cm³/mol. The fourth-order valence-electron chi connectivity index (χ4n) is 0.829. The van der Waals surface area contributed by atoms with Crippen molar-refractivity contribution in [1.82, 2.24) is 9.88 Å². The van der Waals surface area contributed by atoms with Gasteiger partial charge in [0.05, 0.1) is 0 Å². The number of carbonyl (C=O) groups excluding carboxylic acids is 1. The van der Waals surface area contributed by atoms with E-state index in [4.69, 9.17) is 0 Å². The molecule has 0 amide bonds. The normalized spacial score (nSPS) is 9.33. The highest BCUT2D eigenvalue weighted by Gasteiger charge is 1.98. The molecule has 15 heavy (non-hydrogen) atoms. The first kappa shape index (κ1) is 13.4. The van der Waals surface area contributed by atoms with E-state index in [-0.39, 0.29) is 5.78 Å². The Morgan fingerprint density at radius 3 is 2.27 bits per heavy atom. The molecule has 1 aromatic rings. The number of rotatable bonds is 3. The van der Waals surface area contributed by atoms with Crippen LogP contribution < -0.4 is 0 Å². The van der Waals surface area contributed by atoms with E-state index in [2.05, 4.69) is 4.98 Å².